The van der Waals surface area contributed by atoms with Gasteiger partial charge in [0.15, 0.2) is 0 Å². The fraction of sp³-hybridized carbons (Fsp3) is 0.739. The number of carbonyl (C=O) groups is 1. The second kappa shape index (κ2) is 7.33. The number of aryl methyl sites for hydroxylation is 2. The third-order valence-electron chi connectivity index (χ3n) is 6.51. The number of amides is 1. The maximum Gasteiger partial charge on any atom is 0.226 e. The topological polar surface area (TPSA) is 54.5 Å². The average molecular weight is 386 g/mol. The van der Waals surface area contributed by atoms with E-state index in [0.29, 0.717) is 11.8 Å². The van der Waals surface area contributed by atoms with E-state index in [9.17, 15) is 4.79 Å². The van der Waals surface area contributed by atoms with Gasteiger partial charge in [-0.2, -0.15) is 0 Å². The Labute approximate surface area is 169 Å². The summed E-state index contributed by atoms with van der Waals surface area (Å²) >= 11 is 0. The maximum atomic E-state index is 12.4. The number of nitrogens with one attached hydrogen (secondary N) is 1. The van der Waals surface area contributed by atoms with E-state index in [-0.39, 0.29) is 11.3 Å². The van der Waals surface area contributed by atoms with E-state index in [2.05, 4.69) is 44.0 Å². The van der Waals surface area contributed by atoms with E-state index in [0.717, 1.165) is 62.1 Å². The Bertz CT molecular complexity index is 739. The summed E-state index contributed by atoms with van der Waals surface area (Å²) in [6, 6.07) is 2.24. The lowest BCUT2D eigenvalue weighted by Gasteiger charge is -2.47. The van der Waals surface area contributed by atoms with Gasteiger partial charge in [0.25, 0.3) is 0 Å². The highest BCUT2D eigenvalue weighted by molar-refractivity contribution is 5.91. The standard InChI is InChI=1S/C23H35N3O2/c1-16-10-19-18(24-21(16)25-20(27)13-22(2,3)4)6-5-8-26(19)14-17-11-23(12-17)7-9-28-15-23/h10,17H,5-9,11-15H2,1-4H3,(H,24,25,27). The Morgan fingerprint density at radius 2 is 2.18 bits per heavy atom. The van der Waals surface area contributed by atoms with Crippen LogP contribution in [0.4, 0.5) is 11.5 Å². The van der Waals surface area contributed by atoms with Crippen molar-refractivity contribution in [2.75, 3.05) is 36.5 Å². The van der Waals surface area contributed by atoms with Crippen LogP contribution >= 0.6 is 0 Å². The number of aromatic nitrogens is 1. The Kier molecular flexibility index (Phi) is 5.15. The van der Waals surface area contributed by atoms with E-state index in [1.807, 2.05) is 0 Å². The van der Waals surface area contributed by atoms with Gasteiger partial charge in [0, 0.05) is 26.1 Å². The molecule has 3 aliphatic rings. The van der Waals surface area contributed by atoms with Gasteiger partial charge in [0.1, 0.15) is 5.82 Å². The molecule has 154 valence electrons. The van der Waals surface area contributed by atoms with Crippen LogP contribution in [0.3, 0.4) is 0 Å². The van der Waals surface area contributed by atoms with Crippen molar-refractivity contribution in [3.8, 4) is 0 Å². The third-order valence-corrected chi connectivity index (χ3v) is 6.51. The highest BCUT2D eigenvalue weighted by Crippen LogP contribution is 2.51. The zero-order valence-corrected chi connectivity index (χ0v) is 17.9. The number of nitrogens with zero attached hydrogens (tertiary/aromatic N) is 2. The first-order chi connectivity index (χ1) is 13.2. The zero-order valence-electron chi connectivity index (χ0n) is 17.9. The highest BCUT2D eigenvalue weighted by atomic mass is 16.5. The smallest absolute Gasteiger partial charge is 0.226 e. The fourth-order valence-corrected chi connectivity index (χ4v) is 5.20. The van der Waals surface area contributed by atoms with Gasteiger partial charge in [0.05, 0.1) is 18.0 Å². The van der Waals surface area contributed by atoms with Crippen LogP contribution in [0.5, 0.6) is 0 Å². The molecule has 5 heteroatoms. The molecule has 28 heavy (non-hydrogen) atoms. The van der Waals surface area contributed by atoms with Crippen molar-refractivity contribution in [3.05, 3.63) is 17.3 Å². The van der Waals surface area contributed by atoms with Crippen LogP contribution in [0.1, 0.15) is 64.1 Å². The molecule has 3 heterocycles. The first-order valence-electron chi connectivity index (χ1n) is 10.9. The van der Waals surface area contributed by atoms with Gasteiger partial charge in [-0.3, -0.25) is 4.79 Å². The van der Waals surface area contributed by atoms with Crippen LogP contribution in [-0.2, 0) is 16.0 Å². The van der Waals surface area contributed by atoms with Crippen molar-refractivity contribution < 1.29 is 9.53 Å². The van der Waals surface area contributed by atoms with Crippen molar-refractivity contribution in [1.29, 1.82) is 0 Å². The SMILES string of the molecule is Cc1cc2c(nc1NC(=O)CC(C)(C)C)CCCN2CC1CC2(CCOC2)C1. The van der Waals surface area contributed by atoms with Crippen molar-refractivity contribution in [2.45, 2.75) is 66.2 Å². The molecular weight excluding hydrogens is 350 g/mol. The zero-order chi connectivity index (χ0) is 19.9. The van der Waals surface area contributed by atoms with Gasteiger partial charge < -0.3 is 15.0 Å². The molecule has 1 aromatic heterocycles. The quantitative estimate of drug-likeness (QED) is 0.838. The molecule has 0 radical (unpaired) electrons. The molecule has 1 aromatic rings. The van der Waals surface area contributed by atoms with Crippen LogP contribution < -0.4 is 10.2 Å². The summed E-state index contributed by atoms with van der Waals surface area (Å²) < 4.78 is 5.63. The number of carbonyl (C=O) groups excluding carboxylic acids is 1. The van der Waals surface area contributed by atoms with Gasteiger partial charge in [-0.25, -0.2) is 4.98 Å². The molecule has 0 bridgehead atoms. The second-order valence-corrected chi connectivity index (χ2v) is 10.5. The predicted octanol–water partition coefficient (Wildman–Crippen LogP) is 4.33. The van der Waals surface area contributed by atoms with Crippen LogP contribution in [0, 0.1) is 23.7 Å². The average Bonchev–Trinajstić information content (AvgIpc) is 3.04. The third kappa shape index (κ3) is 4.19. The minimum atomic E-state index is -0.0203. The summed E-state index contributed by atoms with van der Waals surface area (Å²) in [5.74, 6) is 1.56. The molecule has 1 aliphatic carbocycles. The van der Waals surface area contributed by atoms with Crippen molar-refractivity contribution >= 4 is 17.4 Å². The number of anilines is 2. The maximum absolute atomic E-state index is 12.4. The van der Waals surface area contributed by atoms with Crippen molar-refractivity contribution in [1.82, 2.24) is 4.98 Å². The van der Waals surface area contributed by atoms with Gasteiger partial charge in [-0.15, -0.1) is 0 Å². The van der Waals surface area contributed by atoms with Crippen molar-refractivity contribution in [2.24, 2.45) is 16.7 Å². The van der Waals surface area contributed by atoms with Crippen LogP contribution in [0.15, 0.2) is 6.07 Å². The van der Waals surface area contributed by atoms with Crippen LogP contribution in [-0.4, -0.2) is 37.2 Å². The first kappa shape index (κ1) is 19.7. The summed E-state index contributed by atoms with van der Waals surface area (Å²) in [5, 5.41) is 3.05. The van der Waals surface area contributed by atoms with Gasteiger partial charge in [0.2, 0.25) is 5.91 Å². The number of hydrogen-bond donors (Lipinski definition) is 1. The molecule has 0 atom stereocenters. The summed E-state index contributed by atoms with van der Waals surface area (Å²) in [6.45, 7) is 12.5. The fourth-order valence-electron chi connectivity index (χ4n) is 5.20. The number of hydrogen-bond acceptors (Lipinski definition) is 4. The van der Waals surface area contributed by atoms with E-state index in [4.69, 9.17) is 9.72 Å². The molecule has 1 spiro atoms. The molecule has 2 fully saturated rings. The summed E-state index contributed by atoms with van der Waals surface area (Å²) in [5.41, 5.74) is 3.95. The van der Waals surface area contributed by atoms with Crippen LogP contribution in [0.25, 0.3) is 0 Å². The monoisotopic (exact) mass is 385 g/mol. The molecule has 1 N–H and O–H groups in total. The number of ether oxygens (including phenoxy) is 1. The molecule has 0 unspecified atom stereocenters. The summed E-state index contributed by atoms with van der Waals surface area (Å²) in [4.78, 5) is 19.8. The molecule has 1 saturated carbocycles. The summed E-state index contributed by atoms with van der Waals surface area (Å²) in [6.07, 6.45) is 6.51. The number of fused-ring (bicyclic) bond motifs is 1. The Balaban J connectivity index is 1.43. The normalized spacial score (nSPS) is 26.9. The minimum absolute atomic E-state index is 0.0203. The molecule has 5 nitrogen and oxygen atoms in total. The van der Waals surface area contributed by atoms with Gasteiger partial charge >= 0.3 is 0 Å². The number of rotatable bonds is 4. The minimum Gasteiger partial charge on any atom is -0.381 e. The summed E-state index contributed by atoms with van der Waals surface area (Å²) in [7, 11) is 0. The van der Waals surface area contributed by atoms with Gasteiger partial charge in [-0.05, 0) is 67.4 Å². The molecule has 4 rings (SSSR count). The Hall–Kier alpha value is -1.62. The largest absolute Gasteiger partial charge is 0.381 e. The van der Waals surface area contributed by atoms with E-state index < -0.39 is 0 Å². The van der Waals surface area contributed by atoms with E-state index in [1.165, 1.54) is 24.9 Å². The predicted molar refractivity (Wildman–Crippen MR) is 113 cm³/mol. The Morgan fingerprint density at radius 1 is 1.39 bits per heavy atom. The van der Waals surface area contributed by atoms with E-state index >= 15 is 0 Å². The lowest BCUT2D eigenvalue weighted by Crippen LogP contribution is -2.45. The molecule has 2 aliphatic heterocycles. The molecular formula is C23H35N3O2. The highest BCUT2D eigenvalue weighted by Gasteiger charge is 2.47. The van der Waals surface area contributed by atoms with E-state index in [1.54, 1.807) is 0 Å². The van der Waals surface area contributed by atoms with Crippen molar-refractivity contribution in [3.63, 3.8) is 0 Å². The molecule has 1 amide bonds. The van der Waals surface area contributed by atoms with Gasteiger partial charge in [-0.1, -0.05) is 20.8 Å². The molecule has 0 aromatic carbocycles. The number of pyridine rings is 1. The second-order valence-electron chi connectivity index (χ2n) is 10.5. The lowest BCUT2D eigenvalue weighted by molar-refractivity contribution is -0.117. The Morgan fingerprint density at radius 3 is 2.86 bits per heavy atom. The van der Waals surface area contributed by atoms with Crippen LogP contribution in [0.2, 0.25) is 0 Å². The molecule has 1 saturated heterocycles. The lowest BCUT2D eigenvalue weighted by atomic mass is 9.61. The first-order valence-corrected chi connectivity index (χ1v) is 10.9.